The van der Waals surface area contributed by atoms with Crippen LogP contribution in [0.2, 0.25) is 5.02 Å². The van der Waals surface area contributed by atoms with Gasteiger partial charge in [0.15, 0.2) is 0 Å². The van der Waals surface area contributed by atoms with Crippen molar-refractivity contribution in [2.45, 2.75) is 0 Å². The fraction of sp³-hybridized carbons (Fsp3) is 0. The SMILES string of the molecule is C=Cc1ccc(Cl)cc1.O=S(=O)(O)Cl. The third kappa shape index (κ3) is 9.54. The van der Waals surface area contributed by atoms with Crippen LogP contribution in [0.4, 0.5) is 0 Å². The van der Waals surface area contributed by atoms with Gasteiger partial charge in [0.05, 0.1) is 0 Å². The van der Waals surface area contributed by atoms with E-state index in [0.717, 1.165) is 10.6 Å². The van der Waals surface area contributed by atoms with E-state index in [4.69, 9.17) is 24.6 Å². The Kier molecular flexibility index (Phi) is 5.79. The summed E-state index contributed by atoms with van der Waals surface area (Å²) in [6, 6.07) is 7.54. The van der Waals surface area contributed by atoms with E-state index in [1.807, 2.05) is 24.3 Å². The summed E-state index contributed by atoms with van der Waals surface area (Å²) < 4.78 is 25.2. The van der Waals surface area contributed by atoms with Crippen LogP contribution in [-0.2, 0) is 9.33 Å². The van der Waals surface area contributed by atoms with Crippen LogP contribution in [0.25, 0.3) is 6.08 Å². The molecule has 0 aliphatic heterocycles. The molecule has 0 aliphatic carbocycles. The molecule has 0 bridgehead atoms. The van der Waals surface area contributed by atoms with Crippen LogP contribution in [-0.4, -0.2) is 13.0 Å². The lowest BCUT2D eigenvalue weighted by Crippen LogP contribution is -1.77. The molecule has 1 aromatic carbocycles. The van der Waals surface area contributed by atoms with Gasteiger partial charge in [0.1, 0.15) is 0 Å². The van der Waals surface area contributed by atoms with Crippen molar-refractivity contribution in [3.05, 3.63) is 41.4 Å². The molecule has 0 fully saturated rings. The van der Waals surface area contributed by atoms with Gasteiger partial charge in [-0.3, -0.25) is 4.55 Å². The number of benzene rings is 1. The Bertz CT molecular complexity index is 376. The molecule has 6 heteroatoms. The van der Waals surface area contributed by atoms with Gasteiger partial charge in [-0.05, 0) is 17.7 Å². The average molecular weight is 255 g/mol. The molecule has 0 heterocycles. The molecule has 0 atom stereocenters. The minimum Gasteiger partial charge on any atom is -0.273 e. The molecular formula is C8H8Cl2O3S. The van der Waals surface area contributed by atoms with Gasteiger partial charge in [-0.15, -0.1) is 0 Å². The molecule has 0 saturated carbocycles. The molecule has 0 spiro atoms. The molecule has 0 amide bonds. The van der Waals surface area contributed by atoms with Crippen LogP contribution >= 0.6 is 22.3 Å². The third-order valence-corrected chi connectivity index (χ3v) is 1.36. The highest BCUT2D eigenvalue weighted by Crippen LogP contribution is 2.09. The summed E-state index contributed by atoms with van der Waals surface area (Å²) in [4.78, 5) is 0. The van der Waals surface area contributed by atoms with E-state index >= 15 is 0 Å². The first kappa shape index (κ1) is 13.4. The molecular weight excluding hydrogens is 247 g/mol. The molecule has 1 rings (SSSR count). The standard InChI is InChI=1S/C8H7Cl.ClHO3S/c1-2-7-3-5-8(9)6-4-7;1-5(2,3)4/h2-6H,1H2;(H,2,3,4). The zero-order chi connectivity index (χ0) is 11.2. The first-order valence-electron chi connectivity index (χ1n) is 3.38. The monoisotopic (exact) mass is 254 g/mol. The fourth-order valence-corrected chi connectivity index (χ4v) is 0.725. The summed E-state index contributed by atoms with van der Waals surface area (Å²) in [7, 11) is -0.137. The minimum atomic E-state index is -4.19. The molecule has 0 aliphatic rings. The van der Waals surface area contributed by atoms with E-state index in [1.54, 1.807) is 6.08 Å². The molecule has 14 heavy (non-hydrogen) atoms. The fourth-order valence-electron chi connectivity index (χ4n) is 0.599. The van der Waals surface area contributed by atoms with Crippen molar-refractivity contribution >= 4 is 37.7 Å². The summed E-state index contributed by atoms with van der Waals surface area (Å²) in [6.07, 6.45) is 1.79. The molecule has 0 aromatic heterocycles. The topological polar surface area (TPSA) is 54.4 Å². The van der Waals surface area contributed by atoms with Crippen molar-refractivity contribution in [1.29, 1.82) is 0 Å². The summed E-state index contributed by atoms with van der Waals surface area (Å²) in [6.45, 7) is 3.62. The molecule has 0 saturated heterocycles. The maximum absolute atomic E-state index is 8.95. The largest absolute Gasteiger partial charge is 0.353 e. The van der Waals surface area contributed by atoms with Gasteiger partial charge < -0.3 is 0 Å². The molecule has 78 valence electrons. The number of rotatable bonds is 1. The highest BCUT2D eigenvalue weighted by Gasteiger charge is 1.86. The van der Waals surface area contributed by atoms with Crippen molar-refractivity contribution in [1.82, 2.24) is 0 Å². The minimum absolute atomic E-state index is 0.764. The molecule has 0 unspecified atom stereocenters. The Morgan fingerprint density at radius 2 is 1.64 bits per heavy atom. The Morgan fingerprint density at radius 1 is 1.29 bits per heavy atom. The summed E-state index contributed by atoms with van der Waals surface area (Å²) in [5.74, 6) is 0. The quantitative estimate of drug-likeness (QED) is 0.619. The second kappa shape index (κ2) is 6.03. The maximum Gasteiger partial charge on any atom is 0.353 e. The second-order valence-corrected chi connectivity index (χ2v) is 4.60. The van der Waals surface area contributed by atoms with Crippen LogP contribution < -0.4 is 0 Å². The summed E-state index contributed by atoms with van der Waals surface area (Å²) in [5, 5.41) is 0.764. The van der Waals surface area contributed by atoms with Crippen molar-refractivity contribution in [3.8, 4) is 0 Å². The number of hydrogen-bond donors (Lipinski definition) is 1. The van der Waals surface area contributed by atoms with Crippen LogP contribution in [0.5, 0.6) is 0 Å². The first-order valence-corrected chi connectivity index (χ1v) is 6.02. The van der Waals surface area contributed by atoms with Crippen molar-refractivity contribution in [2.75, 3.05) is 0 Å². The number of hydrogen-bond acceptors (Lipinski definition) is 2. The van der Waals surface area contributed by atoms with Crippen molar-refractivity contribution in [3.63, 3.8) is 0 Å². The lowest BCUT2D eigenvalue weighted by molar-refractivity contribution is 0.501. The van der Waals surface area contributed by atoms with Gasteiger partial charge in [-0.1, -0.05) is 36.4 Å². The summed E-state index contributed by atoms with van der Waals surface area (Å²) >= 11 is 5.63. The van der Waals surface area contributed by atoms with E-state index in [2.05, 4.69) is 17.3 Å². The van der Waals surface area contributed by atoms with Crippen LogP contribution in [0.1, 0.15) is 5.56 Å². The van der Waals surface area contributed by atoms with Crippen molar-refractivity contribution in [2.24, 2.45) is 0 Å². The Balaban J connectivity index is 0.000000292. The zero-order valence-corrected chi connectivity index (χ0v) is 9.35. The third-order valence-electron chi connectivity index (χ3n) is 1.11. The van der Waals surface area contributed by atoms with E-state index < -0.39 is 9.33 Å². The van der Waals surface area contributed by atoms with Gasteiger partial charge in [-0.25, -0.2) is 0 Å². The lowest BCUT2D eigenvalue weighted by atomic mass is 10.2. The molecule has 0 radical (unpaired) electrons. The van der Waals surface area contributed by atoms with Gasteiger partial charge in [0.2, 0.25) is 0 Å². The van der Waals surface area contributed by atoms with Crippen LogP contribution in [0, 0.1) is 0 Å². The highest BCUT2D eigenvalue weighted by molar-refractivity contribution is 8.09. The van der Waals surface area contributed by atoms with Crippen LogP contribution in [0.3, 0.4) is 0 Å². The van der Waals surface area contributed by atoms with Gasteiger partial charge in [0, 0.05) is 15.7 Å². The lowest BCUT2D eigenvalue weighted by Gasteiger charge is -1.89. The normalized spacial score (nSPS) is 9.93. The Labute approximate surface area is 92.2 Å². The predicted molar refractivity (Wildman–Crippen MR) is 58.9 cm³/mol. The summed E-state index contributed by atoms with van der Waals surface area (Å²) in [5.41, 5.74) is 1.10. The van der Waals surface area contributed by atoms with Crippen LogP contribution in [0.15, 0.2) is 30.8 Å². The van der Waals surface area contributed by atoms with Gasteiger partial charge in [-0.2, -0.15) is 8.42 Å². The van der Waals surface area contributed by atoms with E-state index in [9.17, 15) is 0 Å². The number of halogens is 2. The molecule has 1 aromatic rings. The van der Waals surface area contributed by atoms with Crippen molar-refractivity contribution < 1.29 is 13.0 Å². The predicted octanol–water partition coefficient (Wildman–Crippen LogP) is 3.01. The molecule has 3 nitrogen and oxygen atoms in total. The Hall–Kier alpha value is -0.550. The Morgan fingerprint density at radius 3 is 1.93 bits per heavy atom. The van der Waals surface area contributed by atoms with E-state index in [-0.39, 0.29) is 0 Å². The maximum atomic E-state index is 8.95. The highest BCUT2D eigenvalue weighted by atomic mass is 35.7. The van der Waals surface area contributed by atoms with E-state index in [1.165, 1.54) is 0 Å². The van der Waals surface area contributed by atoms with E-state index in [0.29, 0.717) is 0 Å². The van der Waals surface area contributed by atoms with Gasteiger partial charge >= 0.3 is 9.33 Å². The zero-order valence-electron chi connectivity index (χ0n) is 7.02. The second-order valence-electron chi connectivity index (χ2n) is 2.17. The first-order chi connectivity index (χ1) is 6.33. The van der Waals surface area contributed by atoms with Gasteiger partial charge in [0.25, 0.3) is 0 Å². The smallest absolute Gasteiger partial charge is 0.273 e. The molecule has 1 N–H and O–H groups in total. The average Bonchev–Trinajstić information content (AvgIpc) is 2.03.